The van der Waals surface area contributed by atoms with Crippen molar-refractivity contribution in [2.75, 3.05) is 6.26 Å². The number of pyridine rings is 1. The summed E-state index contributed by atoms with van der Waals surface area (Å²) in [4.78, 5) is 18.8. The van der Waals surface area contributed by atoms with E-state index >= 15 is 8.78 Å². The maximum Gasteiger partial charge on any atom is 0.435 e. The molecule has 0 spiro atoms. The second kappa shape index (κ2) is 13.5. The van der Waals surface area contributed by atoms with Gasteiger partial charge in [0.05, 0.1) is 22.7 Å². The molecule has 298 valence electrons. The lowest BCUT2D eigenvalue weighted by atomic mass is 9.81. The van der Waals surface area contributed by atoms with Gasteiger partial charge in [-0.15, -0.1) is 0 Å². The molecule has 2 saturated carbocycles. The molecule has 9 nitrogen and oxygen atoms in total. The second-order valence-corrected chi connectivity index (χ2v) is 17.5. The van der Waals surface area contributed by atoms with E-state index in [4.69, 9.17) is 4.98 Å². The average Bonchev–Trinajstić information content (AvgIpc) is 3.64. The Balaban J connectivity index is 1.26. The van der Waals surface area contributed by atoms with Crippen LogP contribution in [0.3, 0.4) is 0 Å². The molecule has 2 fully saturated rings. The van der Waals surface area contributed by atoms with E-state index in [0.29, 0.717) is 45.6 Å². The molecule has 57 heavy (non-hydrogen) atoms. The summed E-state index contributed by atoms with van der Waals surface area (Å²) in [6.07, 6.45) is -3.23. The van der Waals surface area contributed by atoms with Crippen molar-refractivity contribution in [3.63, 3.8) is 0 Å². The van der Waals surface area contributed by atoms with Crippen LogP contribution in [-0.2, 0) is 52.5 Å². The summed E-state index contributed by atoms with van der Waals surface area (Å²) in [5.74, 6) is -4.37. The second-order valence-electron chi connectivity index (χ2n) is 15.4. The maximum atomic E-state index is 15.4. The predicted molar refractivity (Wildman–Crippen MR) is 193 cm³/mol. The van der Waals surface area contributed by atoms with Crippen molar-refractivity contribution in [2.45, 2.75) is 80.4 Å². The number of fused-ring (bicyclic) bond motifs is 4. The highest BCUT2D eigenvalue weighted by atomic mass is 32.2. The summed E-state index contributed by atoms with van der Waals surface area (Å²) in [5.41, 5.74) is -2.20. The Labute approximate surface area is 321 Å². The van der Waals surface area contributed by atoms with Crippen LogP contribution in [0, 0.1) is 29.4 Å². The number of hydrogen-bond donors (Lipinski definition) is 1. The molecule has 0 saturated heterocycles. The number of carbonyl (C=O) groups is 1. The smallest absolute Gasteiger partial charge is 0.378 e. The molecular weight excluding hydrogens is 780 g/mol. The molecule has 3 aliphatic rings. The number of para-hydroxylation sites is 1. The standard InChI is InChI=1S/C40H34F7N5O4S/c1-51-35-28(5-3-6-29(35)32(49-51)20-57(2,55)56)27-8-7-25(9-12-38(54)10-4-11-38)48-34(27)22(13-21-14-23(41)17-24(42)15-21)16-26(53)19-52-37-33(36(50-52)40(45,46)47)30-18-31(30)39(37,43)44/h3,5-8,14-15,17,22,30-31,54H,4,10-11,13,16,18-20H2,1-2H3/t22-,30+,31-/m1/s1. The number of aryl methyl sites for hydroxylation is 1. The molecule has 3 aliphatic carbocycles. The molecule has 5 aromatic rings. The summed E-state index contributed by atoms with van der Waals surface area (Å²) in [7, 11) is -1.91. The number of aliphatic hydroxyl groups is 1. The zero-order valence-corrected chi connectivity index (χ0v) is 31.3. The summed E-state index contributed by atoms with van der Waals surface area (Å²) in [6, 6.07) is 11.0. The van der Waals surface area contributed by atoms with Crippen molar-refractivity contribution in [1.82, 2.24) is 24.5 Å². The molecule has 2 aromatic carbocycles. The molecule has 17 heteroatoms. The molecule has 0 bridgehead atoms. The number of ketones is 1. The first-order valence-electron chi connectivity index (χ1n) is 18.1. The van der Waals surface area contributed by atoms with Crippen LogP contribution in [0.25, 0.3) is 22.0 Å². The van der Waals surface area contributed by atoms with Gasteiger partial charge in [-0.05, 0) is 73.8 Å². The number of aromatic nitrogens is 5. The van der Waals surface area contributed by atoms with Crippen LogP contribution < -0.4 is 0 Å². The third kappa shape index (κ3) is 7.33. The highest BCUT2D eigenvalue weighted by molar-refractivity contribution is 7.89. The number of alkyl halides is 5. The first kappa shape index (κ1) is 38.8. The van der Waals surface area contributed by atoms with Gasteiger partial charge in [-0.3, -0.25) is 14.2 Å². The summed E-state index contributed by atoms with van der Waals surface area (Å²) >= 11 is 0. The van der Waals surface area contributed by atoms with Gasteiger partial charge in [0.15, 0.2) is 21.3 Å². The lowest BCUT2D eigenvalue weighted by Crippen LogP contribution is -2.34. The highest BCUT2D eigenvalue weighted by Gasteiger charge is 2.68. The Morgan fingerprint density at radius 2 is 1.77 bits per heavy atom. The van der Waals surface area contributed by atoms with Gasteiger partial charge in [0.1, 0.15) is 35.2 Å². The van der Waals surface area contributed by atoms with Crippen molar-refractivity contribution in [3.05, 3.63) is 99.8 Å². The van der Waals surface area contributed by atoms with Crippen molar-refractivity contribution in [3.8, 4) is 23.0 Å². The van der Waals surface area contributed by atoms with Gasteiger partial charge in [0, 0.05) is 59.7 Å². The fraction of sp³-hybridized carbons (Fsp3) is 0.400. The molecule has 0 radical (unpaired) electrons. The molecule has 0 aliphatic heterocycles. The number of rotatable bonds is 10. The van der Waals surface area contributed by atoms with Crippen LogP contribution >= 0.6 is 0 Å². The first-order valence-corrected chi connectivity index (χ1v) is 20.2. The van der Waals surface area contributed by atoms with Gasteiger partial charge in [-0.2, -0.15) is 32.1 Å². The predicted octanol–water partition coefficient (Wildman–Crippen LogP) is 7.13. The Kier molecular flexibility index (Phi) is 9.19. The number of nitrogens with zero attached hydrogens (tertiary/aromatic N) is 5. The minimum Gasteiger partial charge on any atom is -0.378 e. The van der Waals surface area contributed by atoms with E-state index in [-0.39, 0.29) is 41.2 Å². The summed E-state index contributed by atoms with van der Waals surface area (Å²) < 4.78 is 129. The number of Topliss-reactive ketones (excluding diaryl/α,β-unsaturated/α-hetero) is 1. The van der Waals surface area contributed by atoms with E-state index in [1.807, 2.05) is 0 Å². The molecule has 8 rings (SSSR count). The fourth-order valence-electron chi connectivity index (χ4n) is 8.26. The normalized spacial score (nSPS) is 19.7. The fourth-order valence-corrected chi connectivity index (χ4v) is 8.97. The van der Waals surface area contributed by atoms with E-state index in [1.54, 1.807) is 37.4 Å². The van der Waals surface area contributed by atoms with E-state index in [2.05, 4.69) is 22.0 Å². The number of carbonyl (C=O) groups excluding carboxylic acids is 1. The van der Waals surface area contributed by atoms with Crippen molar-refractivity contribution >= 4 is 26.5 Å². The Hall–Kier alpha value is -5.08. The van der Waals surface area contributed by atoms with Crippen molar-refractivity contribution in [1.29, 1.82) is 0 Å². The topological polar surface area (TPSA) is 120 Å². The van der Waals surface area contributed by atoms with Gasteiger partial charge in [-0.25, -0.2) is 22.2 Å². The minimum absolute atomic E-state index is 0.0958. The zero-order valence-electron chi connectivity index (χ0n) is 30.5. The first-order chi connectivity index (χ1) is 26.7. The van der Waals surface area contributed by atoms with Crippen LogP contribution in [0.15, 0.2) is 48.5 Å². The van der Waals surface area contributed by atoms with E-state index in [0.717, 1.165) is 24.8 Å². The van der Waals surface area contributed by atoms with Gasteiger partial charge in [0.2, 0.25) is 0 Å². The third-order valence-corrected chi connectivity index (χ3v) is 11.7. The third-order valence-electron chi connectivity index (χ3n) is 11.0. The molecule has 0 amide bonds. The Morgan fingerprint density at radius 3 is 2.42 bits per heavy atom. The van der Waals surface area contributed by atoms with E-state index < -0.39 is 92.6 Å². The quantitative estimate of drug-likeness (QED) is 0.118. The van der Waals surface area contributed by atoms with Gasteiger partial charge in [-0.1, -0.05) is 24.1 Å². The Morgan fingerprint density at radius 1 is 1.05 bits per heavy atom. The van der Waals surface area contributed by atoms with E-state index in [9.17, 15) is 40.3 Å². The van der Waals surface area contributed by atoms with Crippen LogP contribution in [-0.4, -0.2) is 55.7 Å². The molecule has 1 N–H and O–H groups in total. The van der Waals surface area contributed by atoms with Crippen LogP contribution in [0.5, 0.6) is 0 Å². The molecule has 3 heterocycles. The molecule has 3 aromatic heterocycles. The number of halogens is 7. The van der Waals surface area contributed by atoms with Crippen LogP contribution in [0.4, 0.5) is 30.7 Å². The number of sulfone groups is 1. The van der Waals surface area contributed by atoms with Gasteiger partial charge < -0.3 is 5.11 Å². The summed E-state index contributed by atoms with van der Waals surface area (Å²) in [6.45, 7) is -0.949. The number of benzene rings is 2. The molecular formula is C40H34F7N5O4S. The zero-order chi connectivity index (χ0) is 40.8. The lowest BCUT2D eigenvalue weighted by molar-refractivity contribution is -0.142. The largest absolute Gasteiger partial charge is 0.435 e. The van der Waals surface area contributed by atoms with Gasteiger partial charge in [0.25, 0.3) is 5.92 Å². The summed E-state index contributed by atoms with van der Waals surface area (Å²) in [5, 5.41) is 19.1. The number of hydrogen-bond acceptors (Lipinski definition) is 7. The lowest BCUT2D eigenvalue weighted by Gasteiger charge is -2.30. The SMILES string of the molecule is Cn1nc(CS(C)(=O)=O)c2cccc(-c3ccc(C#CC4(O)CCC4)nc3[C@@H](CC(=O)Cn3nc(C(F)(F)F)c4c3C(F)(F)[C@@H]3C[C@H]43)Cc3cc(F)cc(F)c3)c21. The van der Waals surface area contributed by atoms with Crippen molar-refractivity contribution < 1.29 is 49.1 Å². The Bertz CT molecular complexity index is 2630. The molecule has 3 atom stereocenters. The van der Waals surface area contributed by atoms with Gasteiger partial charge >= 0.3 is 6.18 Å². The highest BCUT2D eigenvalue weighted by Crippen LogP contribution is 2.68. The van der Waals surface area contributed by atoms with Crippen molar-refractivity contribution in [2.24, 2.45) is 13.0 Å². The minimum atomic E-state index is -5.04. The monoisotopic (exact) mass is 813 g/mol. The average molecular weight is 814 g/mol. The van der Waals surface area contributed by atoms with E-state index in [1.165, 1.54) is 4.68 Å². The maximum absolute atomic E-state index is 15.4. The van der Waals surface area contributed by atoms with Crippen LogP contribution in [0.2, 0.25) is 0 Å². The van der Waals surface area contributed by atoms with Crippen LogP contribution in [0.1, 0.15) is 83.5 Å². The molecule has 0 unspecified atom stereocenters.